The number of carbonyl (C=O) groups excluding carboxylic acids is 1. The first-order valence-corrected chi connectivity index (χ1v) is 5.22. The topological polar surface area (TPSA) is 107 Å². The van der Waals surface area contributed by atoms with Crippen molar-refractivity contribution < 1.29 is 9.21 Å². The second-order valence-corrected chi connectivity index (χ2v) is 3.85. The number of nitrogens with one attached hydrogen (secondary N) is 1. The minimum Gasteiger partial charge on any atom is -0.441 e. The number of aryl methyl sites for hydroxylation is 1. The van der Waals surface area contributed by atoms with Crippen LogP contribution >= 0.6 is 0 Å². The van der Waals surface area contributed by atoms with E-state index in [-0.39, 0.29) is 5.91 Å². The lowest BCUT2D eigenvalue weighted by atomic mass is 10.1. The first kappa shape index (κ1) is 11.6. The van der Waals surface area contributed by atoms with Gasteiger partial charge in [-0.05, 0) is 24.1 Å². The molecular weight excluding hydrogens is 220 g/mol. The molecule has 0 aliphatic rings. The molecule has 1 aromatic carbocycles. The highest BCUT2D eigenvalue weighted by molar-refractivity contribution is 5.81. The van der Waals surface area contributed by atoms with Gasteiger partial charge in [-0.25, -0.2) is 10.8 Å². The first-order valence-electron chi connectivity index (χ1n) is 5.22. The Labute approximate surface area is 97.9 Å². The van der Waals surface area contributed by atoms with Crippen LogP contribution in [0.2, 0.25) is 0 Å². The molecule has 5 N–H and O–H groups in total. The van der Waals surface area contributed by atoms with Crippen LogP contribution in [-0.4, -0.2) is 16.9 Å². The van der Waals surface area contributed by atoms with Crippen molar-refractivity contribution in [3.05, 3.63) is 29.7 Å². The van der Waals surface area contributed by atoms with Crippen molar-refractivity contribution in [2.24, 2.45) is 11.6 Å². The normalized spacial score (nSPS) is 12.6. The Morgan fingerprint density at radius 2 is 2.35 bits per heavy atom. The number of carbonyl (C=O) groups is 1. The highest BCUT2D eigenvalue weighted by atomic mass is 16.3. The second-order valence-electron chi connectivity index (χ2n) is 3.85. The Hall–Kier alpha value is -1.92. The van der Waals surface area contributed by atoms with Crippen molar-refractivity contribution in [3.8, 4) is 0 Å². The lowest BCUT2D eigenvalue weighted by Crippen LogP contribution is -2.45. The van der Waals surface area contributed by atoms with Crippen LogP contribution in [0.5, 0.6) is 0 Å². The average Bonchev–Trinajstić information content (AvgIpc) is 2.67. The summed E-state index contributed by atoms with van der Waals surface area (Å²) in [5.74, 6) is 5.24. The molecule has 0 saturated heterocycles. The van der Waals surface area contributed by atoms with Crippen LogP contribution in [0, 0.1) is 6.92 Å². The number of oxazole rings is 1. The molecule has 6 nitrogen and oxygen atoms in total. The van der Waals surface area contributed by atoms with Gasteiger partial charge in [-0.1, -0.05) is 6.07 Å². The van der Waals surface area contributed by atoms with Crippen molar-refractivity contribution in [3.63, 3.8) is 0 Å². The number of hydrogen-bond donors (Lipinski definition) is 3. The Morgan fingerprint density at radius 1 is 1.59 bits per heavy atom. The van der Waals surface area contributed by atoms with Crippen molar-refractivity contribution in [2.75, 3.05) is 0 Å². The number of amides is 1. The molecule has 0 bridgehead atoms. The highest BCUT2D eigenvalue weighted by Crippen LogP contribution is 2.17. The molecule has 0 saturated carbocycles. The summed E-state index contributed by atoms with van der Waals surface area (Å²) in [6.07, 6.45) is 0.408. The maximum absolute atomic E-state index is 11.2. The van der Waals surface area contributed by atoms with Crippen LogP contribution in [0.4, 0.5) is 0 Å². The minimum absolute atomic E-state index is 0.388. The smallest absolute Gasteiger partial charge is 0.251 e. The van der Waals surface area contributed by atoms with E-state index in [1.165, 1.54) is 0 Å². The summed E-state index contributed by atoms with van der Waals surface area (Å²) in [6.45, 7) is 1.78. The van der Waals surface area contributed by atoms with Gasteiger partial charge >= 0.3 is 0 Å². The lowest BCUT2D eigenvalue weighted by molar-refractivity contribution is -0.122. The average molecular weight is 234 g/mol. The molecule has 2 rings (SSSR count). The first-order chi connectivity index (χ1) is 8.10. The third-order valence-electron chi connectivity index (χ3n) is 2.49. The molecular formula is C11H14N4O2. The zero-order valence-electron chi connectivity index (χ0n) is 9.43. The predicted octanol–water partition coefficient (Wildman–Crippen LogP) is -0.00408. The molecule has 2 aromatic rings. The van der Waals surface area contributed by atoms with Gasteiger partial charge in [0.1, 0.15) is 5.52 Å². The van der Waals surface area contributed by atoms with Gasteiger partial charge in [0.05, 0.1) is 6.04 Å². The maximum Gasteiger partial charge on any atom is 0.251 e. The zero-order valence-corrected chi connectivity index (χ0v) is 9.43. The molecule has 1 unspecified atom stereocenters. The van der Waals surface area contributed by atoms with Crippen molar-refractivity contribution in [1.82, 2.24) is 10.4 Å². The van der Waals surface area contributed by atoms with Gasteiger partial charge in [-0.15, -0.1) is 0 Å². The van der Waals surface area contributed by atoms with E-state index in [9.17, 15) is 4.79 Å². The summed E-state index contributed by atoms with van der Waals surface area (Å²) in [5, 5.41) is 0. The van der Waals surface area contributed by atoms with Crippen molar-refractivity contribution in [2.45, 2.75) is 19.4 Å². The van der Waals surface area contributed by atoms with Gasteiger partial charge in [0.15, 0.2) is 11.5 Å². The molecule has 0 aliphatic heterocycles. The molecule has 6 heteroatoms. The van der Waals surface area contributed by atoms with Gasteiger partial charge < -0.3 is 10.2 Å². The highest BCUT2D eigenvalue weighted by Gasteiger charge is 2.13. The number of nitrogens with two attached hydrogens (primary N) is 2. The summed E-state index contributed by atoms with van der Waals surface area (Å²) in [5.41, 5.74) is 10.1. The molecule has 1 heterocycles. The number of rotatable bonds is 3. The number of benzene rings is 1. The van der Waals surface area contributed by atoms with E-state index in [1.807, 2.05) is 23.6 Å². The number of nitrogens with zero attached hydrogens (tertiary/aromatic N) is 1. The fraction of sp³-hybridized carbons (Fsp3) is 0.273. The van der Waals surface area contributed by atoms with Crippen LogP contribution < -0.4 is 17.0 Å². The van der Waals surface area contributed by atoms with E-state index in [1.54, 1.807) is 6.92 Å². The van der Waals surface area contributed by atoms with Gasteiger partial charge in [0.2, 0.25) is 0 Å². The quantitative estimate of drug-likeness (QED) is 0.393. The van der Waals surface area contributed by atoms with Crippen molar-refractivity contribution >= 4 is 17.0 Å². The van der Waals surface area contributed by atoms with Gasteiger partial charge in [-0.3, -0.25) is 10.2 Å². The van der Waals surface area contributed by atoms with Crippen molar-refractivity contribution in [1.29, 1.82) is 0 Å². The Morgan fingerprint density at radius 3 is 3.06 bits per heavy atom. The van der Waals surface area contributed by atoms with Gasteiger partial charge in [0, 0.05) is 6.92 Å². The summed E-state index contributed by atoms with van der Waals surface area (Å²) in [6, 6.07) is 4.87. The largest absolute Gasteiger partial charge is 0.441 e. The van der Waals surface area contributed by atoms with Crippen LogP contribution in [0.15, 0.2) is 22.6 Å². The Kier molecular flexibility index (Phi) is 3.08. The molecule has 0 radical (unpaired) electrons. The third-order valence-corrected chi connectivity index (χ3v) is 2.49. The maximum atomic E-state index is 11.2. The minimum atomic E-state index is -0.662. The molecule has 0 aliphatic carbocycles. The van der Waals surface area contributed by atoms with Gasteiger partial charge in [0.25, 0.3) is 5.91 Å². The fourth-order valence-corrected chi connectivity index (χ4v) is 1.67. The molecule has 1 aromatic heterocycles. The van der Waals surface area contributed by atoms with Crippen LogP contribution in [0.3, 0.4) is 0 Å². The SMILES string of the molecule is Cc1nc2cc(CC(N)C(=O)NN)ccc2o1. The van der Waals surface area contributed by atoms with Gasteiger partial charge in [-0.2, -0.15) is 0 Å². The van der Waals surface area contributed by atoms with E-state index < -0.39 is 6.04 Å². The standard InChI is InChI=1S/C11H14N4O2/c1-6-14-9-5-7(2-3-10(9)17-6)4-8(12)11(16)15-13/h2-3,5,8H,4,12-13H2,1H3,(H,15,16). The van der Waals surface area contributed by atoms with E-state index >= 15 is 0 Å². The monoisotopic (exact) mass is 234 g/mol. The molecule has 1 amide bonds. The molecule has 0 spiro atoms. The summed E-state index contributed by atoms with van der Waals surface area (Å²) < 4.78 is 5.35. The molecule has 90 valence electrons. The zero-order chi connectivity index (χ0) is 12.4. The number of fused-ring (bicyclic) bond motifs is 1. The fourth-order valence-electron chi connectivity index (χ4n) is 1.67. The lowest BCUT2D eigenvalue weighted by Gasteiger charge is -2.09. The number of hydrazine groups is 1. The third kappa shape index (κ3) is 2.43. The summed E-state index contributed by atoms with van der Waals surface area (Å²) in [7, 11) is 0. The number of aromatic nitrogens is 1. The summed E-state index contributed by atoms with van der Waals surface area (Å²) >= 11 is 0. The van der Waals surface area contributed by atoms with Crippen LogP contribution in [0.25, 0.3) is 11.1 Å². The van der Waals surface area contributed by atoms with Crippen LogP contribution in [0.1, 0.15) is 11.5 Å². The summed E-state index contributed by atoms with van der Waals surface area (Å²) in [4.78, 5) is 15.4. The Bertz CT molecular complexity index is 549. The predicted molar refractivity (Wildman–Crippen MR) is 62.8 cm³/mol. The second kappa shape index (κ2) is 4.52. The molecule has 1 atom stereocenters. The van der Waals surface area contributed by atoms with Crippen LogP contribution in [-0.2, 0) is 11.2 Å². The Balaban J connectivity index is 2.21. The molecule has 0 fully saturated rings. The van der Waals surface area contributed by atoms with E-state index in [0.717, 1.165) is 16.7 Å². The van der Waals surface area contributed by atoms with E-state index in [0.29, 0.717) is 12.3 Å². The van der Waals surface area contributed by atoms with E-state index in [2.05, 4.69) is 4.98 Å². The number of hydrogen-bond acceptors (Lipinski definition) is 5. The molecule has 17 heavy (non-hydrogen) atoms. The van der Waals surface area contributed by atoms with E-state index in [4.69, 9.17) is 16.0 Å².